The number of carbonyl (C=O) groups is 1. The molecule has 0 aliphatic carbocycles. The molecule has 0 bridgehead atoms. The first-order chi connectivity index (χ1) is 15.4. The lowest BCUT2D eigenvalue weighted by Crippen LogP contribution is -2.20. The first-order valence-corrected chi connectivity index (χ1v) is 12.4. The fourth-order valence-corrected chi connectivity index (χ4v) is 3.76. The molecule has 2 rings (SSSR count). The van der Waals surface area contributed by atoms with Crippen LogP contribution in [0.3, 0.4) is 0 Å². The maximum Gasteiger partial charge on any atom is 0.433 e. The number of rotatable bonds is 10. The lowest BCUT2D eigenvalue weighted by molar-refractivity contribution is -0.141. The summed E-state index contributed by atoms with van der Waals surface area (Å²) in [4.78, 5) is 16.0. The number of alkyl halides is 3. The van der Waals surface area contributed by atoms with Gasteiger partial charge in [-0.25, -0.2) is 13.4 Å². The van der Waals surface area contributed by atoms with Crippen LogP contribution in [0.1, 0.15) is 54.3 Å². The fraction of sp³-hybridized carbons (Fsp3) is 0.391. The summed E-state index contributed by atoms with van der Waals surface area (Å²) in [5, 5.41) is 2.71. The van der Waals surface area contributed by atoms with Crippen LogP contribution in [0, 0.1) is 6.92 Å². The van der Waals surface area contributed by atoms with E-state index in [2.05, 4.69) is 15.0 Å². The Labute approximate surface area is 192 Å². The highest BCUT2D eigenvalue weighted by molar-refractivity contribution is 7.92. The lowest BCUT2D eigenvalue weighted by Gasteiger charge is -2.11. The van der Waals surface area contributed by atoms with E-state index in [1.807, 2.05) is 6.92 Å². The van der Waals surface area contributed by atoms with Crippen LogP contribution in [0.5, 0.6) is 0 Å². The first-order valence-electron chi connectivity index (χ1n) is 10.5. The smallest absolute Gasteiger partial charge is 0.348 e. The standard InChI is InChI=1S/C23H28F3N3O3S/c1-4-5-6-7-20-18(9-12-21(28-20)23(24,25)26)10-13-22(30)27-15-17-8-11-19(16(2)14-17)29-33(3,31)32/h8-14,29H,4-7,15H2,1-3H3,(H,27,30). The van der Waals surface area contributed by atoms with Crippen molar-refractivity contribution in [2.45, 2.75) is 52.3 Å². The molecule has 0 fully saturated rings. The monoisotopic (exact) mass is 483 g/mol. The van der Waals surface area contributed by atoms with Crippen molar-refractivity contribution in [3.63, 3.8) is 0 Å². The van der Waals surface area contributed by atoms with Gasteiger partial charge in [-0.3, -0.25) is 9.52 Å². The van der Waals surface area contributed by atoms with E-state index in [1.54, 1.807) is 25.1 Å². The van der Waals surface area contributed by atoms with Gasteiger partial charge in [0.1, 0.15) is 5.69 Å². The first kappa shape index (κ1) is 26.4. The van der Waals surface area contributed by atoms with Crippen LogP contribution in [0.25, 0.3) is 6.08 Å². The third-order valence-corrected chi connectivity index (χ3v) is 5.37. The average molecular weight is 484 g/mol. The van der Waals surface area contributed by atoms with Gasteiger partial charge in [0.25, 0.3) is 0 Å². The maximum atomic E-state index is 13.0. The number of halogens is 3. The van der Waals surface area contributed by atoms with Crippen LogP contribution in [0.4, 0.5) is 18.9 Å². The summed E-state index contributed by atoms with van der Waals surface area (Å²) in [5.41, 5.74) is 1.77. The molecule has 0 atom stereocenters. The van der Waals surface area contributed by atoms with Crippen molar-refractivity contribution in [2.24, 2.45) is 0 Å². The Balaban J connectivity index is 2.06. The molecular formula is C23H28F3N3O3S. The van der Waals surface area contributed by atoms with Gasteiger partial charge >= 0.3 is 6.18 Å². The van der Waals surface area contributed by atoms with Crippen LogP contribution in [-0.4, -0.2) is 25.6 Å². The van der Waals surface area contributed by atoms with Crippen molar-refractivity contribution in [2.75, 3.05) is 11.0 Å². The molecule has 180 valence electrons. The zero-order chi connectivity index (χ0) is 24.6. The van der Waals surface area contributed by atoms with Gasteiger partial charge < -0.3 is 5.32 Å². The summed E-state index contributed by atoms with van der Waals surface area (Å²) in [6.07, 6.45) is 2.18. The van der Waals surface area contributed by atoms with Crippen molar-refractivity contribution in [1.82, 2.24) is 10.3 Å². The minimum Gasteiger partial charge on any atom is -0.348 e. The molecule has 33 heavy (non-hydrogen) atoms. The highest BCUT2D eigenvalue weighted by Gasteiger charge is 2.32. The maximum absolute atomic E-state index is 13.0. The predicted octanol–water partition coefficient (Wildman–Crippen LogP) is 4.84. The summed E-state index contributed by atoms with van der Waals surface area (Å²) in [5.74, 6) is -0.412. The van der Waals surface area contributed by atoms with E-state index >= 15 is 0 Å². The molecule has 0 saturated carbocycles. The molecule has 0 saturated heterocycles. The van der Waals surface area contributed by atoms with Crippen molar-refractivity contribution in [1.29, 1.82) is 0 Å². The SMILES string of the molecule is CCCCCc1nc(C(F)(F)F)ccc1C=CC(=O)NCc1ccc(NS(C)(=O)=O)c(C)c1. The van der Waals surface area contributed by atoms with Crippen molar-refractivity contribution in [3.8, 4) is 0 Å². The number of amides is 1. The lowest BCUT2D eigenvalue weighted by atomic mass is 10.1. The molecule has 1 amide bonds. The fourth-order valence-electron chi connectivity index (χ4n) is 3.13. The molecule has 10 heteroatoms. The number of hydrogen-bond acceptors (Lipinski definition) is 4. The average Bonchev–Trinajstić information content (AvgIpc) is 2.71. The summed E-state index contributed by atoms with van der Waals surface area (Å²) in [6.45, 7) is 3.95. The number of benzene rings is 1. The Morgan fingerprint density at radius 1 is 1.15 bits per heavy atom. The Morgan fingerprint density at radius 2 is 1.88 bits per heavy atom. The predicted molar refractivity (Wildman–Crippen MR) is 123 cm³/mol. The van der Waals surface area contributed by atoms with Crippen molar-refractivity contribution in [3.05, 3.63) is 64.5 Å². The van der Waals surface area contributed by atoms with Crippen LogP contribution in [-0.2, 0) is 34.0 Å². The largest absolute Gasteiger partial charge is 0.433 e. The number of nitrogens with one attached hydrogen (secondary N) is 2. The van der Waals surface area contributed by atoms with Gasteiger partial charge in [0.2, 0.25) is 15.9 Å². The molecule has 0 aliphatic heterocycles. The molecule has 0 aliphatic rings. The minimum atomic E-state index is -4.52. The number of carbonyl (C=O) groups excluding carboxylic acids is 1. The van der Waals surface area contributed by atoms with Gasteiger partial charge in [-0.15, -0.1) is 0 Å². The number of aryl methyl sites for hydroxylation is 2. The number of sulfonamides is 1. The Morgan fingerprint density at radius 3 is 2.48 bits per heavy atom. The van der Waals surface area contributed by atoms with Crippen molar-refractivity contribution >= 4 is 27.7 Å². The van der Waals surface area contributed by atoms with Gasteiger partial charge in [-0.05, 0) is 54.7 Å². The quantitative estimate of drug-likeness (QED) is 0.374. The van der Waals surface area contributed by atoms with Crippen LogP contribution >= 0.6 is 0 Å². The van der Waals surface area contributed by atoms with E-state index in [0.29, 0.717) is 35.3 Å². The molecule has 0 spiro atoms. The van der Waals surface area contributed by atoms with E-state index in [0.717, 1.165) is 30.7 Å². The second kappa shape index (κ2) is 11.3. The minimum absolute atomic E-state index is 0.206. The van der Waals surface area contributed by atoms with E-state index in [4.69, 9.17) is 0 Å². The van der Waals surface area contributed by atoms with Crippen LogP contribution < -0.4 is 10.0 Å². The van der Waals surface area contributed by atoms with E-state index < -0.39 is 27.8 Å². The number of hydrogen-bond donors (Lipinski definition) is 2. The summed E-state index contributed by atoms with van der Waals surface area (Å²) < 4.78 is 64.2. The molecule has 2 N–H and O–H groups in total. The number of aromatic nitrogens is 1. The third-order valence-electron chi connectivity index (χ3n) is 4.78. The number of nitrogens with zero attached hydrogens (tertiary/aromatic N) is 1. The summed E-state index contributed by atoms with van der Waals surface area (Å²) >= 11 is 0. The zero-order valence-corrected chi connectivity index (χ0v) is 19.6. The van der Waals surface area contributed by atoms with Crippen molar-refractivity contribution < 1.29 is 26.4 Å². The molecule has 6 nitrogen and oxygen atoms in total. The van der Waals surface area contributed by atoms with E-state index in [-0.39, 0.29) is 6.54 Å². The van der Waals surface area contributed by atoms with Gasteiger partial charge in [-0.1, -0.05) is 38.0 Å². The van der Waals surface area contributed by atoms with Crippen LogP contribution in [0.2, 0.25) is 0 Å². The summed E-state index contributed by atoms with van der Waals surface area (Å²) in [6, 6.07) is 7.30. The molecule has 0 unspecified atom stereocenters. The number of pyridine rings is 1. The zero-order valence-electron chi connectivity index (χ0n) is 18.8. The molecule has 1 aromatic heterocycles. The molecule has 0 radical (unpaired) electrons. The normalized spacial score (nSPS) is 12.2. The van der Waals surface area contributed by atoms with Gasteiger partial charge in [0.15, 0.2) is 0 Å². The van der Waals surface area contributed by atoms with E-state index in [1.165, 1.54) is 18.2 Å². The van der Waals surface area contributed by atoms with E-state index in [9.17, 15) is 26.4 Å². The highest BCUT2D eigenvalue weighted by Crippen LogP contribution is 2.29. The van der Waals surface area contributed by atoms with Gasteiger partial charge in [-0.2, -0.15) is 13.2 Å². The van der Waals surface area contributed by atoms with Gasteiger partial charge in [0.05, 0.1) is 11.9 Å². The number of unbranched alkanes of at least 4 members (excludes halogenated alkanes) is 2. The van der Waals surface area contributed by atoms with Gasteiger partial charge in [0, 0.05) is 18.3 Å². The molecule has 2 aromatic rings. The molecule has 1 heterocycles. The summed E-state index contributed by atoms with van der Waals surface area (Å²) in [7, 11) is -3.39. The molecular weight excluding hydrogens is 455 g/mol. The Hall–Kier alpha value is -2.88. The topological polar surface area (TPSA) is 88.2 Å². The Kier molecular flexibility index (Phi) is 9.04. The van der Waals surface area contributed by atoms with Crippen LogP contribution in [0.15, 0.2) is 36.4 Å². The molecule has 1 aromatic carbocycles. The second-order valence-corrected chi connectivity index (χ2v) is 9.51. The third kappa shape index (κ3) is 8.88. The second-order valence-electron chi connectivity index (χ2n) is 7.76. The Bertz CT molecular complexity index is 1110. The number of anilines is 1. The highest BCUT2D eigenvalue weighted by atomic mass is 32.2.